The van der Waals surface area contributed by atoms with Gasteiger partial charge in [0, 0.05) is 22.2 Å². The minimum atomic E-state index is 0.499. The summed E-state index contributed by atoms with van der Waals surface area (Å²) in [7, 11) is 0. The summed E-state index contributed by atoms with van der Waals surface area (Å²) < 4.78 is 0. The second-order valence-corrected chi connectivity index (χ2v) is 6.51. The van der Waals surface area contributed by atoms with E-state index in [4.69, 9.17) is 11.6 Å². The van der Waals surface area contributed by atoms with Crippen molar-refractivity contribution in [3.8, 4) is 10.4 Å². The zero-order chi connectivity index (χ0) is 15.6. The number of thiophene rings is 1. The molecule has 3 heterocycles. The summed E-state index contributed by atoms with van der Waals surface area (Å²) in [5, 5.41) is 1.40. The van der Waals surface area contributed by atoms with Crippen molar-refractivity contribution in [2.75, 3.05) is 0 Å². The highest BCUT2D eigenvalue weighted by atomic mass is 35.5. The average Bonchev–Trinajstić information content (AvgIpc) is 3.01. The summed E-state index contributed by atoms with van der Waals surface area (Å²) >= 11 is 8.00. The summed E-state index contributed by atoms with van der Waals surface area (Å²) in [5.41, 5.74) is 2.10. The van der Waals surface area contributed by atoms with Gasteiger partial charge in [0.1, 0.15) is 15.8 Å². The maximum Gasteiger partial charge on any atom is 0.141 e. The predicted molar refractivity (Wildman–Crippen MR) is 94.9 cm³/mol. The van der Waals surface area contributed by atoms with Gasteiger partial charge in [-0.25, -0.2) is 9.97 Å². The fourth-order valence-corrected chi connectivity index (χ4v) is 3.77. The molecule has 4 aromatic rings. The Hall–Kier alpha value is -2.30. The molecule has 0 aliphatic rings. The van der Waals surface area contributed by atoms with Crippen LogP contribution in [0.1, 0.15) is 11.5 Å². The second kappa shape index (κ2) is 6.07. The largest absolute Gasteiger partial charge is 0.261 e. The summed E-state index contributed by atoms with van der Waals surface area (Å²) in [6, 6.07) is 18.1. The molecule has 1 aromatic carbocycles. The number of halogens is 1. The van der Waals surface area contributed by atoms with E-state index in [1.807, 2.05) is 36.4 Å². The van der Waals surface area contributed by atoms with E-state index in [0.29, 0.717) is 17.4 Å². The third-order valence-corrected chi connectivity index (χ3v) is 4.88. The van der Waals surface area contributed by atoms with Crippen molar-refractivity contribution in [3.05, 3.63) is 77.5 Å². The van der Waals surface area contributed by atoms with Crippen LogP contribution in [0.2, 0.25) is 5.15 Å². The molecular weight excluding hydrogens is 326 g/mol. The summed E-state index contributed by atoms with van der Waals surface area (Å²) in [4.78, 5) is 15.5. The Morgan fingerprint density at radius 1 is 0.957 bits per heavy atom. The number of pyridine rings is 1. The Balaban J connectivity index is 1.75. The first-order valence-corrected chi connectivity index (χ1v) is 8.40. The molecule has 0 aliphatic carbocycles. The molecule has 0 spiro atoms. The molecule has 3 aromatic heterocycles. The minimum absolute atomic E-state index is 0.499. The van der Waals surface area contributed by atoms with Crippen LogP contribution in [0.5, 0.6) is 0 Å². The number of benzene rings is 1. The first-order chi connectivity index (χ1) is 11.3. The standard InChI is InChI=1S/C18H12ClN3S/c19-17-14-11-15(12-6-2-1-3-7-12)23-18(14)22-16(21-17)10-13-8-4-5-9-20-13/h1-9,11H,10H2. The number of hydrogen-bond acceptors (Lipinski definition) is 4. The molecule has 5 heteroatoms. The van der Waals surface area contributed by atoms with Crippen LogP contribution in [0.3, 0.4) is 0 Å². The van der Waals surface area contributed by atoms with Crippen LogP contribution >= 0.6 is 22.9 Å². The Labute approximate surface area is 142 Å². The van der Waals surface area contributed by atoms with Gasteiger partial charge in [-0.1, -0.05) is 48.0 Å². The molecule has 0 radical (unpaired) electrons. The first-order valence-electron chi connectivity index (χ1n) is 7.21. The van der Waals surface area contributed by atoms with Gasteiger partial charge in [0.05, 0.1) is 6.42 Å². The van der Waals surface area contributed by atoms with Crippen molar-refractivity contribution in [2.45, 2.75) is 6.42 Å². The molecule has 0 amide bonds. The molecule has 112 valence electrons. The van der Waals surface area contributed by atoms with Gasteiger partial charge in [0.2, 0.25) is 0 Å². The first kappa shape index (κ1) is 14.3. The molecule has 0 N–H and O–H groups in total. The number of hydrogen-bond donors (Lipinski definition) is 0. The quantitative estimate of drug-likeness (QED) is 0.494. The van der Waals surface area contributed by atoms with Crippen LogP contribution < -0.4 is 0 Å². The van der Waals surface area contributed by atoms with Crippen molar-refractivity contribution in [3.63, 3.8) is 0 Å². The SMILES string of the molecule is Clc1nc(Cc2ccccn2)nc2sc(-c3ccccc3)cc12. The normalized spacial score (nSPS) is 11.0. The minimum Gasteiger partial charge on any atom is -0.261 e. The zero-order valence-electron chi connectivity index (χ0n) is 12.1. The molecule has 0 unspecified atom stereocenters. The summed E-state index contributed by atoms with van der Waals surface area (Å²) in [5.74, 6) is 0.697. The van der Waals surface area contributed by atoms with Crippen molar-refractivity contribution < 1.29 is 0 Å². The van der Waals surface area contributed by atoms with E-state index in [2.05, 4.69) is 33.2 Å². The van der Waals surface area contributed by atoms with Crippen LogP contribution in [0.4, 0.5) is 0 Å². The van der Waals surface area contributed by atoms with E-state index in [9.17, 15) is 0 Å². The molecule has 0 saturated carbocycles. The van der Waals surface area contributed by atoms with Crippen molar-refractivity contribution in [1.82, 2.24) is 15.0 Å². The molecular formula is C18H12ClN3S. The lowest BCUT2D eigenvalue weighted by Crippen LogP contribution is -1.98. The van der Waals surface area contributed by atoms with Crippen molar-refractivity contribution >= 4 is 33.2 Å². The number of nitrogens with zero attached hydrogens (tertiary/aromatic N) is 3. The highest BCUT2D eigenvalue weighted by Gasteiger charge is 2.12. The van der Waals surface area contributed by atoms with E-state index in [-0.39, 0.29) is 0 Å². The van der Waals surface area contributed by atoms with Gasteiger partial charge in [-0.15, -0.1) is 11.3 Å². The molecule has 23 heavy (non-hydrogen) atoms. The third kappa shape index (κ3) is 2.96. The van der Waals surface area contributed by atoms with Crippen molar-refractivity contribution in [2.24, 2.45) is 0 Å². The van der Waals surface area contributed by atoms with Gasteiger partial charge in [-0.3, -0.25) is 4.98 Å². The maximum atomic E-state index is 6.36. The Bertz CT molecular complexity index is 952. The van der Waals surface area contributed by atoms with Crippen LogP contribution in [0, 0.1) is 0 Å². The molecule has 4 rings (SSSR count). The van der Waals surface area contributed by atoms with Crippen molar-refractivity contribution in [1.29, 1.82) is 0 Å². The predicted octanol–water partition coefficient (Wildman–Crippen LogP) is 5.00. The van der Waals surface area contributed by atoms with Gasteiger partial charge in [-0.2, -0.15) is 0 Å². The van der Waals surface area contributed by atoms with Gasteiger partial charge in [0.25, 0.3) is 0 Å². The molecule has 0 atom stereocenters. The molecule has 3 nitrogen and oxygen atoms in total. The van der Waals surface area contributed by atoms with E-state index in [1.165, 1.54) is 0 Å². The lowest BCUT2D eigenvalue weighted by Gasteiger charge is -2.01. The fourth-order valence-electron chi connectivity index (χ4n) is 2.42. The zero-order valence-corrected chi connectivity index (χ0v) is 13.7. The van der Waals surface area contributed by atoms with Crippen LogP contribution in [0.15, 0.2) is 60.8 Å². The molecule has 0 saturated heterocycles. The molecule has 0 bridgehead atoms. The van der Waals surface area contributed by atoms with E-state index >= 15 is 0 Å². The van der Waals surface area contributed by atoms with Crippen LogP contribution in [-0.2, 0) is 6.42 Å². The number of fused-ring (bicyclic) bond motifs is 1. The highest BCUT2D eigenvalue weighted by Crippen LogP contribution is 2.35. The Morgan fingerprint density at radius 3 is 2.57 bits per heavy atom. The lowest BCUT2D eigenvalue weighted by molar-refractivity contribution is 0.957. The van der Waals surface area contributed by atoms with Crippen LogP contribution in [0.25, 0.3) is 20.7 Å². The molecule has 0 fully saturated rings. The van der Waals surface area contributed by atoms with Crippen LogP contribution in [-0.4, -0.2) is 15.0 Å². The van der Waals surface area contributed by atoms with E-state index in [0.717, 1.165) is 26.4 Å². The van der Waals surface area contributed by atoms with Gasteiger partial charge in [0.15, 0.2) is 0 Å². The average molecular weight is 338 g/mol. The smallest absolute Gasteiger partial charge is 0.141 e. The summed E-state index contributed by atoms with van der Waals surface area (Å²) in [6.07, 6.45) is 2.35. The number of aromatic nitrogens is 3. The van der Waals surface area contributed by atoms with Gasteiger partial charge >= 0.3 is 0 Å². The molecule has 0 aliphatic heterocycles. The Kier molecular flexibility index (Phi) is 3.77. The van der Waals surface area contributed by atoms with E-state index in [1.54, 1.807) is 17.5 Å². The highest BCUT2D eigenvalue weighted by molar-refractivity contribution is 7.21. The topological polar surface area (TPSA) is 38.7 Å². The van der Waals surface area contributed by atoms with Gasteiger partial charge in [-0.05, 0) is 23.8 Å². The lowest BCUT2D eigenvalue weighted by atomic mass is 10.2. The van der Waals surface area contributed by atoms with E-state index < -0.39 is 0 Å². The second-order valence-electron chi connectivity index (χ2n) is 5.12. The third-order valence-electron chi connectivity index (χ3n) is 3.52. The van der Waals surface area contributed by atoms with Gasteiger partial charge < -0.3 is 0 Å². The Morgan fingerprint density at radius 2 is 1.78 bits per heavy atom. The maximum absolute atomic E-state index is 6.36. The fraction of sp³-hybridized carbons (Fsp3) is 0.0556. The summed E-state index contributed by atoms with van der Waals surface area (Å²) in [6.45, 7) is 0. The monoisotopic (exact) mass is 337 g/mol. The number of rotatable bonds is 3.